The minimum absolute atomic E-state index is 0.0590. The fourth-order valence-corrected chi connectivity index (χ4v) is 3.05. The van der Waals surface area contributed by atoms with E-state index in [1.807, 2.05) is 55.4 Å². The third kappa shape index (κ3) is 6.23. The number of carbonyl (C=O) groups is 2. The molecule has 3 heteroatoms. The van der Waals surface area contributed by atoms with Gasteiger partial charge in [-0.1, -0.05) is 67.2 Å². The molecule has 156 valence electrons. The van der Waals surface area contributed by atoms with Gasteiger partial charge in [0.15, 0.2) is 0 Å². The Morgan fingerprint density at radius 3 is 1.76 bits per heavy atom. The third-order valence-corrected chi connectivity index (χ3v) is 4.48. The van der Waals surface area contributed by atoms with Crippen LogP contribution in [0.5, 0.6) is 5.75 Å². The quantitative estimate of drug-likeness (QED) is 0.389. The Balaban J connectivity index is 3.97. The fourth-order valence-electron chi connectivity index (χ4n) is 3.05. The molecular formula is C26H34O3. The molecule has 0 saturated heterocycles. The Kier molecular flexibility index (Phi) is 8.28. The molecule has 0 radical (unpaired) electrons. The Morgan fingerprint density at radius 2 is 1.34 bits per heavy atom. The number of Topliss-reactive ketones (excluding diaryl/α,β-unsaturated/α-hetero) is 2. The van der Waals surface area contributed by atoms with E-state index >= 15 is 0 Å². The lowest BCUT2D eigenvalue weighted by molar-refractivity contribution is 0.102. The van der Waals surface area contributed by atoms with Crippen LogP contribution in [0.2, 0.25) is 0 Å². The molecule has 0 bridgehead atoms. The second-order valence-corrected chi connectivity index (χ2v) is 9.33. The molecule has 0 amide bonds. The predicted octanol–water partition coefficient (Wildman–Crippen LogP) is 5.96. The van der Waals surface area contributed by atoms with E-state index < -0.39 is 22.4 Å². The van der Waals surface area contributed by atoms with Crippen molar-refractivity contribution in [3.05, 3.63) is 28.3 Å². The topological polar surface area (TPSA) is 54.4 Å². The molecule has 1 aromatic rings. The van der Waals surface area contributed by atoms with Crippen LogP contribution in [0, 0.1) is 23.7 Å². The summed E-state index contributed by atoms with van der Waals surface area (Å²) < 4.78 is 0. The molecule has 0 spiro atoms. The summed E-state index contributed by atoms with van der Waals surface area (Å²) in [5, 5.41) is 11.1. The first-order chi connectivity index (χ1) is 13.4. The molecule has 0 unspecified atom stereocenters. The maximum absolute atomic E-state index is 13.1. The summed E-state index contributed by atoms with van der Waals surface area (Å²) in [7, 11) is 0. The van der Waals surface area contributed by atoms with Crippen LogP contribution in [0.25, 0.3) is 0 Å². The van der Waals surface area contributed by atoms with Gasteiger partial charge in [-0.25, -0.2) is 0 Å². The van der Waals surface area contributed by atoms with Crippen molar-refractivity contribution in [1.82, 2.24) is 0 Å². The van der Waals surface area contributed by atoms with Crippen molar-refractivity contribution in [2.45, 2.75) is 91.9 Å². The van der Waals surface area contributed by atoms with Crippen LogP contribution < -0.4 is 0 Å². The monoisotopic (exact) mass is 394 g/mol. The normalized spacial score (nSPS) is 11.2. The highest BCUT2D eigenvalue weighted by Gasteiger charge is 2.34. The Hall–Kier alpha value is -2.52. The standard InChI is InChI=1S/C26H34O3/c1-9-11-13-15-20(27)18-17-19(25(3,4)5)24(29)23(26(6,7)8)22(18)21(28)16-14-12-10-2/h17,29H,9-12H2,1-8H3. The van der Waals surface area contributed by atoms with E-state index in [1.54, 1.807) is 6.07 Å². The van der Waals surface area contributed by atoms with Crippen LogP contribution in [0.1, 0.15) is 113 Å². The molecule has 0 aliphatic carbocycles. The van der Waals surface area contributed by atoms with Crippen LogP contribution in [-0.4, -0.2) is 16.7 Å². The van der Waals surface area contributed by atoms with Crippen molar-refractivity contribution in [2.24, 2.45) is 0 Å². The third-order valence-electron chi connectivity index (χ3n) is 4.48. The highest BCUT2D eigenvalue weighted by Crippen LogP contribution is 2.42. The summed E-state index contributed by atoms with van der Waals surface area (Å²) in [5.41, 5.74) is 0.530. The van der Waals surface area contributed by atoms with Crippen molar-refractivity contribution in [3.8, 4) is 29.4 Å². The molecule has 3 nitrogen and oxygen atoms in total. The van der Waals surface area contributed by atoms with Gasteiger partial charge in [-0.3, -0.25) is 9.59 Å². The van der Waals surface area contributed by atoms with Crippen molar-refractivity contribution >= 4 is 11.6 Å². The highest BCUT2D eigenvalue weighted by molar-refractivity contribution is 6.21. The smallest absolute Gasteiger partial charge is 0.237 e. The molecule has 0 fully saturated rings. The molecule has 0 aliphatic rings. The molecule has 0 saturated carbocycles. The van der Waals surface area contributed by atoms with Crippen LogP contribution in [0.15, 0.2) is 6.07 Å². The first-order valence-electron chi connectivity index (χ1n) is 10.3. The number of ketones is 2. The zero-order chi connectivity index (χ0) is 22.4. The van der Waals surface area contributed by atoms with Gasteiger partial charge in [0.2, 0.25) is 11.6 Å². The van der Waals surface area contributed by atoms with Gasteiger partial charge in [0.05, 0.1) is 5.56 Å². The van der Waals surface area contributed by atoms with Gasteiger partial charge in [0, 0.05) is 29.5 Å². The number of carbonyl (C=O) groups excluding carboxylic acids is 2. The van der Waals surface area contributed by atoms with Crippen LogP contribution >= 0.6 is 0 Å². The average molecular weight is 395 g/mol. The highest BCUT2D eigenvalue weighted by atomic mass is 16.3. The van der Waals surface area contributed by atoms with Crippen molar-refractivity contribution in [3.63, 3.8) is 0 Å². The zero-order valence-corrected chi connectivity index (χ0v) is 19.2. The molecule has 29 heavy (non-hydrogen) atoms. The van der Waals surface area contributed by atoms with Crippen molar-refractivity contribution in [2.75, 3.05) is 0 Å². The second-order valence-electron chi connectivity index (χ2n) is 9.33. The number of hydrogen-bond acceptors (Lipinski definition) is 3. The van der Waals surface area contributed by atoms with Gasteiger partial charge < -0.3 is 5.11 Å². The lowest BCUT2D eigenvalue weighted by Crippen LogP contribution is -2.24. The maximum Gasteiger partial charge on any atom is 0.237 e. The Morgan fingerprint density at radius 1 is 0.862 bits per heavy atom. The number of rotatable bonds is 4. The van der Waals surface area contributed by atoms with E-state index in [9.17, 15) is 14.7 Å². The van der Waals surface area contributed by atoms with E-state index in [2.05, 4.69) is 23.7 Å². The summed E-state index contributed by atoms with van der Waals surface area (Å²) in [6, 6.07) is 1.63. The molecule has 0 aromatic heterocycles. The summed E-state index contributed by atoms with van der Waals surface area (Å²) >= 11 is 0. The van der Waals surface area contributed by atoms with E-state index in [4.69, 9.17) is 0 Å². The van der Waals surface area contributed by atoms with Crippen molar-refractivity contribution in [1.29, 1.82) is 0 Å². The molecule has 0 aliphatic heterocycles. The predicted molar refractivity (Wildman–Crippen MR) is 120 cm³/mol. The first-order valence-corrected chi connectivity index (χ1v) is 10.3. The Labute approximate surface area is 176 Å². The van der Waals surface area contributed by atoms with Gasteiger partial charge >= 0.3 is 0 Å². The van der Waals surface area contributed by atoms with Crippen LogP contribution in [-0.2, 0) is 10.8 Å². The number of phenols is 1. The number of benzene rings is 1. The molecule has 1 N–H and O–H groups in total. The SMILES string of the molecule is CCCC#CC(=O)c1cc(C(C)(C)C)c(O)c(C(C)(C)C)c1C(=O)C#CCCC. The number of hydrogen-bond donors (Lipinski definition) is 1. The van der Waals surface area contributed by atoms with Gasteiger partial charge in [0.1, 0.15) is 5.75 Å². The first kappa shape index (κ1) is 24.5. The lowest BCUT2D eigenvalue weighted by Gasteiger charge is -2.30. The van der Waals surface area contributed by atoms with E-state index in [1.165, 1.54) is 0 Å². The van der Waals surface area contributed by atoms with Crippen LogP contribution in [0.3, 0.4) is 0 Å². The van der Waals surface area contributed by atoms with Gasteiger partial charge in [-0.15, -0.1) is 0 Å². The molecule has 1 rings (SSSR count). The molecule has 0 atom stereocenters. The summed E-state index contributed by atoms with van der Waals surface area (Å²) in [5.74, 6) is 10.3. The number of phenolic OH excluding ortho intramolecular Hbond substituents is 1. The van der Waals surface area contributed by atoms with Gasteiger partial charge in [-0.05, 0) is 41.6 Å². The van der Waals surface area contributed by atoms with E-state index in [-0.39, 0.29) is 16.9 Å². The maximum atomic E-state index is 13.1. The minimum atomic E-state index is -0.561. The molecule has 1 aromatic carbocycles. The largest absolute Gasteiger partial charge is 0.507 e. The average Bonchev–Trinajstić information content (AvgIpc) is 2.59. The van der Waals surface area contributed by atoms with E-state index in [0.29, 0.717) is 24.0 Å². The molecular weight excluding hydrogens is 360 g/mol. The summed E-state index contributed by atoms with van der Waals surface area (Å²) in [4.78, 5) is 26.1. The summed E-state index contributed by atoms with van der Waals surface area (Å²) in [6.07, 6.45) is 2.91. The van der Waals surface area contributed by atoms with Gasteiger partial charge in [-0.2, -0.15) is 0 Å². The van der Waals surface area contributed by atoms with Gasteiger partial charge in [0.25, 0.3) is 0 Å². The van der Waals surface area contributed by atoms with Crippen molar-refractivity contribution < 1.29 is 14.7 Å². The number of aromatic hydroxyl groups is 1. The number of unbranched alkanes of at least 4 members (excludes halogenated alkanes) is 2. The minimum Gasteiger partial charge on any atom is -0.507 e. The Bertz CT molecular complexity index is 898. The fraction of sp³-hybridized carbons (Fsp3) is 0.538. The second kappa shape index (κ2) is 9.80. The lowest BCUT2D eigenvalue weighted by atomic mass is 9.74. The van der Waals surface area contributed by atoms with Crippen LogP contribution in [0.4, 0.5) is 0 Å². The molecule has 0 heterocycles. The van der Waals surface area contributed by atoms with E-state index in [0.717, 1.165) is 12.8 Å². The zero-order valence-electron chi connectivity index (χ0n) is 19.2. The summed E-state index contributed by atoms with van der Waals surface area (Å²) in [6.45, 7) is 15.6.